The predicted octanol–water partition coefficient (Wildman–Crippen LogP) is 2.29. The Hall–Kier alpha value is -2.54. The smallest absolute Gasteiger partial charge is 0.0992 e. The summed E-state index contributed by atoms with van der Waals surface area (Å²) in [7, 11) is 1.91. The molecule has 0 N–H and O–H groups in total. The molecule has 0 fully saturated rings. The Morgan fingerprint density at radius 3 is 2.94 bits per heavy atom. The average Bonchev–Trinajstić information content (AvgIpc) is 2.96. The summed E-state index contributed by atoms with van der Waals surface area (Å²) in [4.78, 5) is 0. The summed E-state index contributed by atoms with van der Waals surface area (Å²) in [6.07, 6.45) is 5.90. The Balaban J connectivity index is 2.04. The molecular formula is C14H12N4. The first kappa shape index (κ1) is 10.6. The van der Waals surface area contributed by atoms with Crippen molar-refractivity contribution in [3.8, 4) is 6.07 Å². The molecule has 0 radical (unpaired) electrons. The molecule has 0 bridgehead atoms. The zero-order valence-corrected chi connectivity index (χ0v) is 10.0. The van der Waals surface area contributed by atoms with E-state index in [1.165, 1.54) is 0 Å². The van der Waals surface area contributed by atoms with Crippen molar-refractivity contribution >= 4 is 10.9 Å². The van der Waals surface area contributed by atoms with Crippen LogP contribution in [0.2, 0.25) is 0 Å². The first-order valence-electron chi connectivity index (χ1n) is 5.73. The summed E-state index contributed by atoms with van der Waals surface area (Å²) >= 11 is 0. The van der Waals surface area contributed by atoms with Gasteiger partial charge >= 0.3 is 0 Å². The van der Waals surface area contributed by atoms with Gasteiger partial charge in [0.05, 0.1) is 24.4 Å². The maximum absolute atomic E-state index is 8.95. The van der Waals surface area contributed by atoms with E-state index in [2.05, 4.69) is 21.8 Å². The average molecular weight is 236 g/mol. The van der Waals surface area contributed by atoms with Crippen LogP contribution in [0, 0.1) is 11.3 Å². The number of nitriles is 1. The normalized spacial score (nSPS) is 10.7. The number of aryl methyl sites for hydroxylation is 1. The zero-order chi connectivity index (χ0) is 12.5. The molecule has 18 heavy (non-hydrogen) atoms. The van der Waals surface area contributed by atoms with Crippen LogP contribution in [-0.4, -0.2) is 14.3 Å². The lowest BCUT2D eigenvalue weighted by Crippen LogP contribution is -1.96. The number of rotatable bonds is 2. The van der Waals surface area contributed by atoms with E-state index in [1.807, 2.05) is 43.8 Å². The molecule has 3 rings (SSSR count). The van der Waals surface area contributed by atoms with Crippen molar-refractivity contribution in [2.24, 2.45) is 7.05 Å². The van der Waals surface area contributed by atoms with Crippen molar-refractivity contribution in [2.75, 3.05) is 0 Å². The highest BCUT2D eigenvalue weighted by Gasteiger charge is 2.04. The first-order chi connectivity index (χ1) is 8.76. The number of hydrogen-bond acceptors (Lipinski definition) is 2. The summed E-state index contributed by atoms with van der Waals surface area (Å²) in [5.41, 5.74) is 2.92. The van der Waals surface area contributed by atoms with Crippen LogP contribution in [0.1, 0.15) is 11.1 Å². The first-order valence-corrected chi connectivity index (χ1v) is 5.73. The lowest BCUT2D eigenvalue weighted by Gasteiger charge is -2.03. The van der Waals surface area contributed by atoms with E-state index in [4.69, 9.17) is 5.26 Å². The second-order valence-corrected chi connectivity index (χ2v) is 4.35. The molecule has 2 heterocycles. The third kappa shape index (κ3) is 1.76. The maximum atomic E-state index is 8.95. The van der Waals surface area contributed by atoms with Gasteiger partial charge in [0, 0.05) is 30.5 Å². The molecule has 4 nitrogen and oxygen atoms in total. The number of hydrogen-bond donors (Lipinski definition) is 0. The van der Waals surface area contributed by atoms with E-state index in [9.17, 15) is 0 Å². The molecule has 4 heteroatoms. The van der Waals surface area contributed by atoms with Crippen LogP contribution in [0.15, 0.2) is 42.9 Å². The topological polar surface area (TPSA) is 46.5 Å². The molecule has 0 atom stereocenters. The highest BCUT2D eigenvalue weighted by atomic mass is 15.2. The molecule has 88 valence electrons. The van der Waals surface area contributed by atoms with E-state index in [0.717, 1.165) is 23.0 Å². The van der Waals surface area contributed by atoms with Crippen LogP contribution in [0.3, 0.4) is 0 Å². The molecule has 2 aromatic heterocycles. The summed E-state index contributed by atoms with van der Waals surface area (Å²) in [6.45, 7) is 0.770. The van der Waals surface area contributed by atoms with Crippen molar-refractivity contribution in [1.82, 2.24) is 14.3 Å². The second-order valence-electron chi connectivity index (χ2n) is 4.35. The predicted molar refractivity (Wildman–Crippen MR) is 69.0 cm³/mol. The van der Waals surface area contributed by atoms with E-state index in [0.29, 0.717) is 5.56 Å². The molecule has 0 spiro atoms. The van der Waals surface area contributed by atoms with Crippen LogP contribution >= 0.6 is 0 Å². The number of fused-ring (bicyclic) bond motifs is 1. The number of benzene rings is 1. The minimum Gasteiger partial charge on any atom is -0.343 e. The highest BCUT2D eigenvalue weighted by molar-refractivity contribution is 5.81. The highest BCUT2D eigenvalue weighted by Crippen LogP contribution is 2.18. The molecule has 0 aliphatic carbocycles. The molecule has 0 aliphatic rings. The van der Waals surface area contributed by atoms with E-state index >= 15 is 0 Å². The fourth-order valence-corrected chi connectivity index (χ4v) is 2.14. The SMILES string of the molecule is Cn1cc(Cn2ccc3ccc(C#N)cc32)cn1. The van der Waals surface area contributed by atoms with Gasteiger partial charge in [-0.25, -0.2) is 0 Å². The Labute approximate surface area is 105 Å². The van der Waals surface area contributed by atoms with Crippen LogP contribution < -0.4 is 0 Å². The minimum atomic E-state index is 0.689. The molecular weight excluding hydrogens is 224 g/mol. The summed E-state index contributed by atoms with van der Waals surface area (Å²) in [5, 5.41) is 14.3. The van der Waals surface area contributed by atoms with Gasteiger partial charge in [-0.2, -0.15) is 10.4 Å². The standard InChI is InChI=1S/C14H12N4/c1-17-9-12(8-16-17)10-18-5-4-13-3-2-11(7-15)6-14(13)18/h2-6,8-9H,10H2,1H3. The summed E-state index contributed by atoms with van der Waals surface area (Å²) in [6, 6.07) is 9.98. The molecule has 0 unspecified atom stereocenters. The number of nitrogens with zero attached hydrogens (tertiary/aromatic N) is 4. The van der Waals surface area contributed by atoms with Gasteiger partial charge in [0.1, 0.15) is 0 Å². The second kappa shape index (κ2) is 4.04. The number of aromatic nitrogens is 3. The van der Waals surface area contributed by atoms with Gasteiger partial charge in [0.25, 0.3) is 0 Å². The van der Waals surface area contributed by atoms with E-state index < -0.39 is 0 Å². The van der Waals surface area contributed by atoms with Gasteiger partial charge in [0.2, 0.25) is 0 Å². The van der Waals surface area contributed by atoms with Gasteiger partial charge in [-0.1, -0.05) is 6.07 Å². The Morgan fingerprint density at radius 1 is 1.33 bits per heavy atom. The molecule has 0 aliphatic heterocycles. The van der Waals surface area contributed by atoms with Gasteiger partial charge in [0.15, 0.2) is 0 Å². The fourth-order valence-electron chi connectivity index (χ4n) is 2.14. The van der Waals surface area contributed by atoms with Gasteiger partial charge < -0.3 is 4.57 Å². The van der Waals surface area contributed by atoms with Crippen molar-refractivity contribution in [3.05, 3.63) is 54.0 Å². The van der Waals surface area contributed by atoms with Crippen molar-refractivity contribution in [2.45, 2.75) is 6.54 Å². The quantitative estimate of drug-likeness (QED) is 0.685. The molecule has 1 aromatic carbocycles. The third-order valence-electron chi connectivity index (χ3n) is 3.01. The molecule has 3 aromatic rings. The molecule has 0 amide bonds. The van der Waals surface area contributed by atoms with Gasteiger partial charge in [-0.15, -0.1) is 0 Å². The Bertz CT molecular complexity index is 743. The van der Waals surface area contributed by atoms with Crippen molar-refractivity contribution in [1.29, 1.82) is 5.26 Å². The lowest BCUT2D eigenvalue weighted by molar-refractivity contribution is 0.764. The monoisotopic (exact) mass is 236 g/mol. The Morgan fingerprint density at radius 2 is 2.22 bits per heavy atom. The van der Waals surface area contributed by atoms with E-state index in [-0.39, 0.29) is 0 Å². The van der Waals surface area contributed by atoms with Crippen molar-refractivity contribution in [3.63, 3.8) is 0 Å². The van der Waals surface area contributed by atoms with Crippen molar-refractivity contribution < 1.29 is 0 Å². The molecule has 0 saturated heterocycles. The van der Waals surface area contributed by atoms with Crippen LogP contribution in [-0.2, 0) is 13.6 Å². The van der Waals surface area contributed by atoms with Crippen LogP contribution in [0.25, 0.3) is 10.9 Å². The fraction of sp³-hybridized carbons (Fsp3) is 0.143. The molecule has 0 saturated carbocycles. The van der Waals surface area contributed by atoms with Gasteiger partial charge in [-0.3, -0.25) is 4.68 Å². The third-order valence-corrected chi connectivity index (χ3v) is 3.01. The lowest BCUT2D eigenvalue weighted by atomic mass is 10.2. The summed E-state index contributed by atoms with van der Waals surface area (Å²) in [5.74, 6) is 0. The summed E-state index contributed by atoms with van der Waals surface area (Å²) < 4.78 is 3.93. The maximum Gasteiger partial charge on any atom is 0.0992 e. The Kier molecular flexibility index (Phi) is 2.38. The largest absolute Gasteiger partial charge is 0.343 e. The zero-order valence-electron chi connectivity index (χ0n) is 10.0. The van der Waals surface area contributed by atoms with Crippen LogP contribution in [0.4, 0.5) is 0 Å². The van der Waals surface area contributed by atoms with Gasteiger partial charge in [-0.05, 0) is 23.6 Å². The van der Waals surface area contributed by atoms with E-state index in [1.54, 1.807) is 4.68 Å². The van der Waals surface area contributed by atoms with Crippen LogP contribution in [0.5, 0.6) is 0 Å². The minimum absolute atomic E-state index is 0.689.